The summed E-state index contributed by atoms with van der Waals surface area (Å²) in [5, 5.41) is 12.0. The fourth-order valence-electron chi connectivity index (χ4n) is 5.57. The van der Waals surface area contributed by atoms with Gasteiger partial charge in [-0.3, -0.25) is 0 Å². The van der Waals surface area contributed by atoms with Crippen molar-refractivity contribution in [2.24, 2.45) is 9.98 Å². The van der Waals surface area contributed by atoms with Crippen molar-refractivity contribution >= 4 is 33.5 Å². The average molecular weight is 516 g/mol. The van der Waals surface area contributed by atoms with E-state index in [1.807, 2.05) is 49.5 Å². The Labute approximate surface area is 232 Å². The molecule has 0 saturated heterocycles. The molecule has 0 fully saturated rings. The van der Waals surface area contributed by atoms with Gasteiger partial charge < -0.3 is 9.47 Å². The maximum Gasteiger partial charge on any atom is 0.159 e. The maximum absolute atomic E-state index is 9.53. The van der Waals surface area contributed by atoms with Gasteiger partial charge in [-0.05, 0) is 42.0 Å². The number of hydrogen-bond acceptors (Lipinski definition) is 4. The van der Waals surface area contributed by atoms with Crippen molar-refractivity contribution in [2.75, 3.05) is 7.05 Å². The number of nitrogens with zero attached hydrogens (tertiary/aromatic N) is 5. The molecule has 5 heteroatoms. The minimum absolute atomic E-state index is 0.258. The van der Waals surface area contributed by atoms with Crippen LogP contribution in [0, 0.1) is 11.3 Å². The zero-order chi connectivity index (χ0) is 27.1. The van der Waals surface area contributed by atoms with Gasteiger partial charge in [-0.25, -0.2) is 9.98 Å². The van der Waals surface area contributed by atoms with Crippen molar-refractivity contribution < 1.29 is 0 Å². The Morgan fingerprint density at radius 1 is 0.675 bits per heavy atom. The van der Waals surface area contributed by atoms with Crippen LogP contribution in [-0.2, 0) is 0 Å². The predicted molar refractivity (Wildman–Crippen MR) is 162 cm³/mol. The first-order valence-corrected chi connectivity index (χ1v) is 13.2. The third-order valence-corrected chi connectivity index (χ3v) is 7.45. The van der Waals surface area contributed by atoms with Crippen molar-refractivity contribution in [3.63, 3.8) is 0 Å². The monoisotopic (exact) mass is 515 g/mol. The lowest BCUT2D eigenvalue weighted by Crippen LogP contribution is -2.35. The van der Waals surface area contributed by atoms with Gasteiger partial charge in [-0.2, -0.15) is 5.26 Å². The molecule has 40 heavy (non-hydrogen) atoms. The van der Waals surface area contributed by atoms with Gasteiger partial charge in [0, 0.05) is 34.6 Å². The van der Waals surface area contributed by atoms with Crippen molar-refractivity contribution in [3.8, 4) is 11.8 Å². The van der Waals surface area contributed by atoms with Crippen LogP contribution in [0.15, 0.2) is 137 Å². The standard InChI is InChI=1S/C35H25N5/c1-39-34(25-12-3-2-4-13-25)37-33(38-35(39)27-15-9-11-24(21-27)23-36)26-14-10-16-28(22-26)40-31-19-7-5-17-29(31)30-18-6-8-20-32(30)40/h2-22,34H,1H3. The number of benzene rings is 5. The normalized spacial score (nSPS) is 15.1. The highest BCUT2D eigenvalue weighted by molar-refractivity contribution is 6.13. The molecule has 0 N–H and O–H groups in total. The Balaban J connectivity index is 1.41. The average Bonchev–Trinajstić information content (AvgIpc) is 3.36. The van der Waals surface area contributed by atoms with E-state index in [2.05, 4.69) is 100 Å². The van der Waals surface area contributed by atoms with E-state index in [0.717, 1.165) is 39.2 Å². The van der Waals surface area contributed by atoms with Gasteiger partial charge in [0.05, 0.1) is 22.7 Å². The SMILES string of the molecule is CN1C(c2cccc(C#N)c2)=NC(c2cccc(-n3c4ccccc4c4ccccc43)c2)=NC1c1ccccc1. The van der Waals surface area contributed by atoms with Gasteiger partial charge in [-0.15, -0.1) is 0 Å². The number of rotatable bonds is 4. The van der Waals surface area contributed by atoms with Crippen LogP contribution in [0.2, 0.25) is 0 Å². The van der Waals surface area contributed by atoms with Crippen molar-refractivity contribution in [1.82, 2.24) is 9.47 Å². The zero-order valence-electron chi connectivity index (χ0n) is 21.9. The Kier molecular flexibility index (Phi) is 5.72. The summed E-state index contributed by atoms with van der Waals surface area (Å²) in [4.78, 5) is 12.3. The molecule has 7 rings (SSSR count). The summed E-state index contributed by atoms with van der Waals surface area (Å²) < 4.78 is 2.30. The number of hydrogen-bond donors (Lipinski definition) is 0. The minimum atomic E-state index is -0.258. The molecule has 0 bridgehead atoms. The molecule has 1 aliphatic rings. The van der Waals surface area contributed by atoms with E-state index in [0.29, 0.717) is 11.4 Å². The highest BCUT2D eigenvalue weighted by atomic mass is 15.3. The Bertz CT molecular complexity index is 1940. The molecular formula is C35H25N5. The number of aliphatic imine (C=N–C) groups is 2. The number of amidine groups is 2. The van der Waals surface area contributed by atoms with E-state index in [9.17, 15) is 5.26 Å². The van der Waals surface area contributed by atoms with Crippen LogP contribution >= 0.6 is 0 Å². The van der Waals surface area contributed by atoms with Crippen molar-refractivity contribution in [2.45, 2.75) is 6.17 Å². The molecule has 0 amide bonds. The Hall–Kier alpha value is -5.47. The lowest BCUT2D eigenvalue weighted by Gasteiger charge is -2.32. The minimum Gasteiger partial charge on any atom is -0.333 e. The van der Waals surface area contributed by atoms with Crippen LogP contribution in [0.4, 0.5) is 0 Å². The molecule has 5 aromatic carbocycles. The molecule has 0 aliphatic carbocycles. The first-order valence-electron chi connectivity index (χ1n) is 13.2. The highest BCUT2D eigenvalue weighted by Crippen LogP contribution is 2.33. The summed E-state index contributed by atoms with van der Waals surface area (Å²) in [5.41, 5.74) is 6.86. The molecule has 2 heterocycles. The Morgan fingerprint density at radius 2 is 1.32 bits per heavy atom. The summed E-state index contributed by atoms with van der Waals surface area (Å²) in [7, 11) is 2.00. The second-order valence-electron chi connectivity index (χ2n) is 9.90. The van der Waals surface area contributed by atoms with Crippen LogP contribution in [0.1, 0.15) is 28.4 Å². The molecular weight excluding hydrogens is 490 g/mol. The predicted octanol–water partition coefficient (Wildman–Crippen LogP) is 7.49. The van der Waals surface area contributed by atoms with Crippen LogP contribution in [0.25, 0.3) is 27.5 Å². The van der Waals surface area contributed by atoms with E-state index < -0.39 is 0 Å². The van der Waals surface area contributed by atoms with Gasteiger partial charge >= 0.3 is 0 Å². The summed E-state index contributed by atoms with van der Waals surface area (Å²) in [6.07, 6.45) is -0.258. The van der Waals surface area contributed by atoms with Crippen LogP contribution < -0.4 is 0 Å². The summed E-state index contributed by atoms with van der Waals surface area (Å²) in [5.74, 6) is 1.44. The van der Waals surface area contributed by atoms with Crippen LogP contribution in [0.5, 0.6) is 0 Å². The second kappa shape index (κ2) is 9.68. The summed E-state index contributed by atoms with van der Waals surface area (Å²) >= 11 is 0. The van der Waals surface area contributed by atoms with Crippen LogP contribution in [0.3, 0.4) is 0 Å². The molecule has 0 saturated carbocycles. The molecule has 190 valence electrons. The fraction of sp³-hybridized carbons (Fsp3) is 0.0571. The third-order valence-electron chi connectivity index (χ3n) is 7.45. The fourth-order valence-corrected chi connectivity index (χ4v) is 5.57. The maximum atomic E-state index is 9.53. The third kappa shape index (κ3) is 3.95. The molecule has 1 atom stereocenters. The molecule has 0 radical (unpaired) electrons. The van der Waals surface area contributed by atoms with E-state index in [4.69, 9.17) is 9.98 Å². The number of para-hydroxylation sites is 2. The van der Waals surface area contributed by atoms with Gasteiger partial charge in [-0.1, -0.05) is 91.0 Å². The molecule has 6 aromatic rings. The largest absolute Gasteiger partial charge is 0.333 e. The number of nitriles is 1. The lowest BCUT2D eigenvalue weighted by atomic mass is 10.1. The topological polar surface area (TPSA) is 56.7 Å². The lowest BCUT2D eigenvalue weighted by molar-refractivity contribution is 0.383. The number of fused-ring (bicyclic) bond motifs is 3. The van der Waals surface area contributed by atoms with Gasteiger partial charge in [0.2, 0.25) is 0 Å². The Morgan fingerprint density at radius 3 is 2.05 bits per heavy atom. The van der Waals surface area contributed by atoms with Gasteiger partial charge in [0.15, 0.2) is 5.84 Å². The smallest absolute Gasteiger partial charge is 0.159 e. The quantitative estimate of drug-likeness (QED) is 0.244. The first-order chi connectivity index (χ1) is 19.7. The van der Waals surface area contributed by atoms with E-state index in [-0.39, 0.29) is 6.17 Å². The van der Waals surface area contributed by atoms with Crippen molar-refractivity contribution in [1.29, 1.82) is 5.26 Å². The molecule has 1 unspecified atom stereocenters. The zero-order valence-corrected chi connectivity index (χ0v) is 21.9. The number of aromatic nitrogens is 1. The molecule has 1 aliphatic heterocycles. The van der Waals surface area contributed by atoms with Crippen molar-refractivity contribution in [3.05, 3.63) is 150 Å². The molecule has 0 spiro atoms. The molecule has 1 aromatic heterocycles. The van der Waals surface area contributed by atoms with Gasteiger partial charge in [0.25, 0.3) is 0 Å². The summed E-state index contributed by atoms with van der Waals surface area (Å²) in [6.45, 7) is 0. The first kappa shape index (κ1) is 23.6. The van der Waals surface area contributed by atoms with E-state index in [1.54, 1.807) is 0 Å². The second-order valence-corrected chi connectivity index (χ2v) is 9.90. The van der Waals surface area contributed by atoms with Crippen LogP contribution in [-0.4, -0.2) is 28.2 Å². The van der Waals surface area contributed by atoms with Gasteiger partial charge in [0.1, 0.15) is 12.0 Å². The van der Waals surface area contributed by atoms with E-state index >= 15 is 0 Å². The molecule has 5 nitrogen and oxygen atoms in total. The summed E-state index contributed by atoms with van der Waals surface area (Å²) in [6, 6.07) is 45.5. The van der Waals surface area contributed by atoms with E-state index in [1.165, 1.54) is 10.8 Å². The highest BCUT2D eigenvalue weighted by Gasteiger charge is 2.27.